The van der Waals surface area contributed by atoms with Gasteiger partial charge >= 0.3 is 29.2 Å². The van der Waals surface area contributed by atoms with Gasteiger partial charge in [0.1, 0.15) is 24.4 Å². The first kappa shape index (κ1) is 49.8. The molecule has 0 amide bonds. The quantitative estimate of drug-likeness (QED) is 0.0288. The second-order valence-corrected chi connectivity index (χ2v) is 18.7. The van der Waals surface area contributed by atoms with Crippen LogP contribution in [0.4, 0.5) is 0 Å². The number of rotatable bonds is 29. The molecule has 0 aliphatic heterocycles. The summed E-state index contributed by atoms with van der Waals surface area (Å²) in [5.74, 6) is -2.36. The fourth-order valence-corrected chi connectivity index (χ4v) is 9.31. The number of aliphatic hydroxyl groups is 3. The predicted octanol–water partition coefficient (Wildman–Crippen LogP) is 4.70. The van der Waals surface area contributed by atoms with Gasteiger partial charge in [0, 0.05) is 24.5 Å². The number of esters is 1. The van der Waals surface area contributed by atoms with Gasteiger partial charge in [-0.25, -0.2) is 9.13 Å². The normalized spacial score (nSPS) is 24.3. The minimum atomic E-state index is -5.46. The molecule has 21 heteroatoms. The zero-order chi connectivity index (χ0) is 39.4. The van der Waals surface area contributed by atoms with Crippen molar-refractivity contribution in [2.24, 2.45) is 5.92 Å². The summed E-state index contributed by atoms with van der Waals surface area (Å²) in [7, 11) is -15.8. The number of phosphoric ester groups is 2. The molecule has 1 saturated carbocycles. The number of hydrogen-bond acceptors (Lipinski definition) is 13. The third-order valence-electron chi connectivity index (χ3n) is 8.55. The molecule has 0 aromatic carbocycles. The van der Waals surface area contributed by atoms with Crippen LogP contribution < -0.4 is 0 Å². The van der Waals surface area contributed by atoms with Crippen LogP contribution in [0.5, 0.6) is 0 Å². The van der Waals surface area contributed by atoms with Gasteiger partial charge < -0.3 is 44.5 Å². The van der Waals surface area contributed by atoms with Crippen LogP contribution in [0.3, 0.4) is 0 Å². The Bertz CT molecular complexity index is 1130. The molecule has 0 heterocycles. The Morgan fingerprint density at radius 2 is 1.17 bits per heavy atom. The molecule has 308 valence electrons. The van der Waals surface area contributed by atoms with Gasteiger partial charge in [-0.2, -0.15) is 0 Å². The van der Waals surface area contributed by atoms with E-state index in [0.29, 0.717) is 19.3 Å². The third-order valence-corrected chi connectivity index (χ3v) is 11.9. The summed E-state index contributed by atoms with van der Waals surface area (Å²) in [6.07, 6.45) is 1.74. The molecule has 0 saturated heterocycles. The molecule has 0 radical (unpaired) electrons. The highest BCUT2D eigenvalue weighted by Crippen LogP contribution is 2.51. The Balaban J connectivity index is 2.78. The first-order valence-corrected chi connectivity index (χ1v) is 23.9. The van der Waals surface area contributed by atoms with Gasteiger partial charge in [-0.3, -0.25) is 27.7 Å². The van der Waals surface area contributed by atoms with E-state index in [9.17, 15) is 63.1 Å². The van der Waals surface area contributed by atoms with Crippen molar-refractivity contribution < 1.29 is 81.4 Å². The maximum Gasteiger partial charge on any atom is 0.472 e. The van der Waals surface area contributed by atoms with Crippen molar-refractivity contribution in [3.8, 4) is 0 Å². The van der Waals surface area contributed by atoms with Crippen molar-refractivity contribution in [1.82, 2.24) is 0 Å². The molecule has 0 aromatic rings. The molecule has 17 nitrogen and oxygen atoms in total. The van der Waals surface area contributed by atoms with Crippen LogP contribution in [0.25, 0.3) is 0 Å². The van der Waals surface area contributed by atoms with Crippen LogP contribution in [0.15, 0.2) is 0 Å². The number of carbonyl (C=O) groups is 2. The van der Waals surface area contributed by atoms with E-state index in [1.54, 1.807) is 0 Å². The second-order valence-electron chi connectivity index (χ2n) is 13.2. The smallest absolute Gasteiger partial charge is 0.460 e. The van der Waals surface area contributed by atoms with E-state index in [1.807, 2.05) is 6.92 Å². The van der Waals surface area contributed by atoms with E-state index < -0.39 is 84.5 Å². The van der Waals surface area contributed by atoms with Gasteiger partial charge in [-0.05, 0) is 19.3 Å². The van der Waals surface area contributed by atoms with Gasteiger partial charge in [0.05, 0.1) is 25.0 Å². The molecule has 1 rings (SSSR count). The van der Waals surface area contributed by atoms with Crippen molar-refractivity contribution in [3.05, 3.63) is 0 Å². The summed E-state index contributed by atoms with van der Waals surface area (Å²) in [6, 6.07) is 0. The molecular formula is C31H61O17P3S. The molecule has 52 heavy (non-hydrogen) atoms. The molecule has 8 atom stereocenters. The molecule has 8 N–H and O–H groups in total. The summed E-state index contributed by atoms with van der Waals surface area (Å²) < 4.78 is 55.9. The van der Waals surface area contributed by atoms with Crippen LogP contribution in [0.2, 0.25) is 0 Å². The predicted molar refractivity (Wildman–Crippen MR) is 193 cm³/mol. The summed E-state index contributed by atoms with van der Waals surface area (Å²) in [6.45, 7) is 3.30. The molecule has 0 bridgehead atoms. The first-order valence-electron chi connectivity index (χ1n) is 18.1. The topological polar surface area (TPSA) is 284 Å². The van der Waals surface area contributed by atoms with Crippen molar-refractivity contribution in [2.45, 2.75) is 160 Å². The molecular weight excluding hydrogens is 769 g/mol. The Hall–Kier alpha value is -0.260. The van der Waals surface area contributed by atoms with Crippen molar-refractivity contribution >= 4 is 46.1 Å². The zero-order valence-electron chi connectivity index (χ0n) is 30.2. The largest absolute Gasteiger partial charge is 0.472 e. The molecule has 1 aliphatic rings. The number of ether oxygens (including phenoxy) is 1. The molecule has 1 aliphatic carbocycles. The van der Waals surface area contributed by atoms with Crippen LogP contribution in [-0.4, -0.2) is 106 Å². The van der Waals surface area contributed by atoms with E-state index in [1.165, 1.54) is 51.4 Å². The number of carbonyl (C=O) groups excluding carboxylic acids is 2. The van der Waals surface area contributed by atoms with Crippen LogP contribution in [0.1, 0.15) is 123 Å². The van der Waals surface area contributed by atoms with E-state index in [2.05, 4.69) is 11.4 Å². The lowest BCUT2D eigenvalue weighted by Crippen LogP contribution is -2.62. The van der Waals surface area contributed by atoms with E-state index in [0.717, 1.165) is 37.4 Å². The number of thioether (sulfide) groups is 1. The SMILES string of the molecule is CCCCCCCCCCCCCCCC(=O)O[C@@H](CCSC(=O)CCC)COP(=O)(O)OC1C(O)[C@@H](OP(=O)(O)O)C(O)[C@@H](CP(=O)(O)O)[C@H]1O. The number of hydrogen-bond donors (Lipinski definition) is 8. The number of phosphoric acid groups is 2. The van der Waals surface area contributed by atoms with Gasteiger partial charge in [0.2, 0.25) is 0 Å². The Morgan fingerprint density at radius 3 is 1.65 bits per heavy atom. The highest BCUT2D eigenvalue weighted by Gasteiger charge is 2.55. The standard InChI is InChI=1S/C31H61O17P3S/c1-3-5-6-7-8-9-10-11-12-13-14-15-16-18-25(32)46-23(19-20-52-26(33)17-4-2)21-45-51(43,44)48-31-28(35)24(22-49(37,38)39)27(34)30(29(31)36)47-50(40,41)42/h23-24,27-31,34-36H,3-22H2,1-2H3,(H,43,44)(H2,37,38,39)(H2,40,41,42)/t23-,24+,27?,28+,29?,30-,31?/m0/s1. The average molecular weight is 831 g/mol. The number of unbranched alkanes of at least 4 members (excludes halogenated alkanes) is 12. The second kappa shape index (κ2) is 25.8. The van der Waals surface area contributed by atoms with Gasteiger partial charge in [-0.1, -0.05) is 103 Å². The minimum absolute atomic E-state index is 0.0356. The highest BCUT2D eigenvalue weighted by atomic mass is 32.2. The summed E-state index contributed by atoms with van der Waals surface area (Å²) >= 11 is 0.986. The average Bonchev–Trinajstić information content (AvgIpc) is 3.04. The fourth-order valence-electron chi connectivity index (χ4n) is 5.83. The fraction of sp³-hybridized carbons (Fsp3) is 0.935. The van der Waals surface area contributed by atoms with Crippen LogP contribution in [0, 0.1) is 5.92 Å². The minimum Gasteiger partial charge on any atom is -0.460 e. The van der Waals surface area contributed by atoms with E-state index in [4.69, 9.17) is 13.8 Å². The maximum atomic E-state index is 13.0. The van der Waals surface area contributed by atoms with Crippen molar-refractivity contribution in [1.29, 1.82) is 0 Å². The van der Waals surface area contributed by atoms with E-state index >= 15 is 0 Å². The molecule has 1 fully saturated rings. The Kier molecular flexibility index (Phi) is 24.7. The van der Waals surface area contributed by atoms with Crippen LogP contribution in [-0.2, 0) is 41.6 Å². The van der Waals surface area contributed by atoms with Gasteiger partial charge in [0.15, 0.2) is 5.12 Å². The molecule has 4 unspecified atom stereocenters. The summed E-state index contributed by atoms with van der Waals surface area (Å²) in [5, 5.41) is 31.7. The van der Waals surface area contributed by atoms with Crippen LogP contribution >= 0.6 is 35.0 Å². The highest BCUT2D eigenvalue weighted by molar-refractivity contribution is 8.13. The number of aliphatic hydroxyl groups excluding tert-OH is 3. The zero-order valence-corrected chi connectivity index (χ0v) is 33.7. The van der Waals surface area contributed by atoms with Gasteiger partial charge in [0.25, 0.3) is 0 Å². The van der Waals surface area contributed by atoms with Gasteiger partial charge in [-0.15, -0.1) is 0 Å². The molecule has 0 spiro atoms. The summed E-state index contributed by atoms with van der Waals surface area (Å²) in [5.41, 5.74) is 0. The van der Waals surface area contributed by atoms with Crippen molar-refractivity contribution in [3.63, 3.8) is 0 Å². The van der Waals surface area contributed by atoms with Crippen molar-refractivity contribution in [2.75, 3.05) is 18.5 Å². The van der Waals surface area contributed by atoms with E-state index in [-0.39, 0.29) is 23.7 Å². The lowest BCUT2D eigenvalue weighted by molar-refractivity contribution is -0.193. The Labute approximate surface area is 310 Å². The monoisotopic (exact) mass is 830 g/mol. The third kappa shape index (κ3) is 22.3. The Morgan fingerprint density at radius 1 is 0.673 bits per heavy atom. The first-order chi connectivity index (χ1) is 24.3. The lowest BCUT2D eigenvalue weighted by Gasteiger charge is -2.45. The lowest BCUT2D eigenvalue weighted by atomic mass is 9.79. The summed E-state index contributed by atoms with van der Waals surface area (Å²) in [4.78, 5) is 72.4. The maximum absolute atomic E-state index is 13.0. The molecule has 0 aromatic heterocycles.